The zero-order valence-electron chi connectivity index (χ0n) is 31.7. The molecule has 0 aromatic rings. The Morgan fingerprint density at radius 3 is 1.62 bits per heavy atom. The number of allylic oxidation sites excluding steroid dienone is 2. The van der Waals surface area contributed by atoms with E-state index in [2.05, 4.69) is 26.0 Å². The van der Waals surface area contributed by atoms with E-state index in [1.54, 1.807) is 0 Å². The molecule has 10 nitrogen and oxygen atoms in total. The lowest BCUT2D eigenvalue weighted by atomic mass is 9.99. The Bertz CT molecular complexity index is 835. The number of unbranched alkanes of at least 4 members (excludes halogenated alkanes) is 20. The van der Waals surface area contributed by atoms with Gasteiger partial charge in [-0.05, 0) is 32.1 Å². The molecular formula is C40H74O10. The Kier molecular flexibility index (Phi) is 29.8. The van der Waals surface area contributed by atoms with Gasteiger partial charge in [-0.25, -0.2) is 0 Å². The number of esters is 2. The smallest absolute Gasteiger partial charge is 0.306 e. The third-order valence-electron chi connectivity index (χ3n) is 9.40. The van der Waals surface area contributed by atoms with Crippen LogP contribution in [0.4, 0.5) is 0 Å². The summed E-state index contributed by atoms with van der Waals surface area (Å²) in [5, 5.41) is 39.9. The van der Waals surface area contributed by atoms with Gasteiger partial charge >= 0.3 is 11.9 Å². The maximum absolute atomic E-state index is 12.7. The van der Waals surface area contributed by atoms with E-state index in [9.17, 15) is 30.0 Å². The molecule has 6 atom stereocenters. The molecule has 0 amide bonds. The summed E-state index contributed by atoms with van der Waals surface area (Å²) in [6, 6.07) is 0. The summed E-state index contributed by atoms with van der Waals surface area (Å²) in [7, 11) is 0. The molecule has 0 bridgehead atoms. The van der Waals surface area contributed by atoms with Crippen molar-refractivity contribution < 1.29 is 49.0 Å². The summed E-state index contributed by atoms with van der Waals surface area (Å²) in [5.41, 5.74) is 0. The van der Waals surface area contributed by atoms with Crippen molar-refractivity contribution in [1.29, 1.82) is 0 Å². The molecule has 2 unspecified atom stereocenters. The molecule has 0 spiro atoms. The lowest BCUT2D eigenvalue weighted by Crippen LogP contribution is -2.59. The second-order valence-corrected chi connectivity index (χ2v) is 14.1. The molecule has 0 aliphatic carbocycles. The molecule has 50 heavy (non-hydrogen) atoms. The minimum atomic E-state index is -1.59. The van der Waals surface area contributed by atoms with Crippen LogP contribution in [0.2, 0.25) is 0 Å². The number of rotatable bonds is 33. The van der Waals surface area contributed by atoms with E-state index in [-0.39, 0.29) is 32.0 Å². The first-order valence-corrected chi connectivity index (χ1v) is 20.3. The van der Waals surface area contributed by atoms with Crippen LogP contribution in [-0.2, 0) is 28.5 Å². The summed E-state index contributed by atoms with van der Waals surface area (Å²) in [6.07, 6.45) is 23.6. The van der Waals surface area contributed by atoms with Gasteiger partial charge in [0.15, 0.2) is 12.4 Å². The van der Waals surface area contributed by atoms with E-state index in [1.165, 1.54) is 77.0 Å². The summed E-state index contributed by atoms with van der Waals surface area (Å²) in [4.78, 5) is 25.2. The van der Waals surface area contributed by atoms with Gasteiger partial charge in [0.2, 0.25) is 0 Å². The van der Waals surface area contributed by atoms with Crippen LogP contribution in [0.3, 0.4) is 0 Å². The van der Waals surface area contributed by atoms with E-state index in [4.69, 9.17) is 18.9 Å². The molecular weight excluding hydrogens is 640 g/mol. The van der Waals surface area contributed by atoms with Crippen LogP contribution in [0.5, 0.6) is 0 Å². The highest BCUT2D eigenvalue weighted by atomic mass is 16.7. The summed E-state index contributed by atoms with van der Waals surface area (Å²) in [5.74, 6) is -0.813. The normalized spacial score (nSPS) is 21.4. The molecule has 0 aromatic heterocycles. The van der Waals surface area contributed by atoms with Crippen LogP contribution < -0.4 is 0 Å². The Morgan fingerprint density at radius 2 is 1.08 bits per heavy atom. The zero-order valence-corrected chi connectivity index (χ0v) is 31.7. The van der Waals surface area contributed by atoms with Crippen molar-refractivity contribution in [2.45, 2.75) is 211 Å². The lowest BCUT2D eigenvalue weighted by Gasteiger charge is -2.39. The van der Waals surface area contributed by atoms with Crippen LogP contribution >= 0.6 is 0 Å². The molecule has 1 aliphatic rings. The highest BCUT2D eigenvalue weighted by Gasteiger charge is 2.44. The molecule has 294 valence electrons. The molecule has 1 aliphatic heterocycles. The fourth-order valence-electron chi connectivity index (χ4n) is 6.11. The first-order valence-electron chi connectivity index (χ1n) is 20.3. The van der Waals surface area contributed by atoms with Gasteiger partial charge in [-0.2, -0.15) is 0 Å². The lowest BCUT2D eigenvalue weighted by molar-refractivity contribution is -0.305. The zero-order chi connectivity index (χ0) is 36.7. The highest BCUT2D eigenvalue weighted by molar-refractivity contribution is 5.70. The van der Waals surface area contributed by atoms with Gasteiger partial charge in [0.05, 0.1) is 13.2 Å². The van der Waals surface area contributed by atoms with E-state index in [0.29, 0.717) is 6.42 Å². The fraction of sp³-hybridized carbons (Fsp3) is 0.900. The number of hydrogen-bond acceptors (Lipinski definition) is 10. The van der Waals surface area contributed by atoms with E-state index in [1.807, 2.05) is 0 Å². The second-order valence-electron chi connectivity index (χ2n) is 14.1. The number of ether oxygens (including phenoxy) is 4. The Hall–Kier alpha value is -1.56. The molecule has 1 saturated heterocycles. The van der Waals surface area contributed by atoms with Crippen molar-refractivity contribution >= 4 is 11.9 Å². The van der Waals surface area contributed by atoms with Gasteiger partial charge in [-0.1, -0.05) is 142 Å². The molecule has 10 heteroatoms. The SMILES string of the molecule is CCCC/C=C/CCCCCCCC(=O)OC[C@H](CO[C@@H]1O[C@H](CO)[C@H](O)C(O)C1O)OC(=O)CCCCCCCCCCCCCCCC. The summed E-state index contributed by atoms with van der Waals surface area (Å²) >= 11 is 0. The highest BCUT2D eigenvalue weighted by Crippen LogP contribution is 2.22. The monoisotopic (exact) mass is 715 g/mol. The molecule has 1 fully saturated rings. The van der Waals surface area contributed by atoms with Crippen LogP contribution in [-0.4, -0.2) is 89.0 Å². The Balaban J connectivity index is 2.37. The maximum atomic E-state index is 12.7. The third kappa shape index (κ3) is 23.8. The van der Waals surface area contributed by atoms with Crippen molar-refractivity contribution in [1.82, 2.24) is 0 Å². The Morgan fingerprint density at radius 1 is 0.600 bits per heavy atom. The molecule has 0 aromatic carbocycles. The molecule has 1 heterocycles. The number of carbonyl (C=O) groups excluding carboxylic acids is 2. The predicted octanol–water partition coefficient (Wildman–Crippen LogP) is 7.61. The summed E-state index contributed by atoms with van der Waals surface area (Å²) < 4.78 is 22.1. The second kappa shape index (κ2) is 32.1. The quantitative estimate of drug-likeness (QED) is 0.0304. The van der Waals surface area contributed by atoms with Crippen molar-refractivity contribution in [2.24, 2.45) is 0 Å². The molecule has 4 N–H and O–H groups in total. The van der Waals surface area contributed by atoms with Crippen LogP contribution in [0, 0.1) is 0 Å². The Labute approximate surface area is 303 Å². The molecule has 0 saturated carbocycles. The number of carbonyl (C=O) groups is 2. The third-order valence-corrected chi connectivity index (χ3v) is 9.40. The van der Waals surface area contributed by atoms with E-state index in [0.717, 1.165) is 64.2 Å². The van der Waals surface area contributed by atoms with Crippen LogP contribution in [0.1, 0.15) is 174 Å². The van der Waals surface area contributed by atoms with Gasteiger partial charge in [-0.3, -0.25) is 9.59 Å². The minimum Gasteiger partial charge on any atom is -0.462 e. The first-order chi connectivity index (χ1) is 24.3. The van der Waals surface area contributed by atoms with Crippen molar-refractivity contribution in [3.8, 4) is 0 Å². The predicted molar refractivity (Wildman–Crippen MR) is 196 cm³/mol. The maximum Gasteiger partial charge on any atom is 0.306 e. The number of aliphatic hydroxyl groups is 4. The average molecular weight is 715 g/mol. The summed E-state index contributed by atoms with van der Waals surface area (Å²) in [6.45, 7) is 3.37. The van der Waals surface area contributed by atoms with Crippen molar-refractivity contribution in [3.05, 3.63) is 12.2 Å². The van der Waals surface area contributed by atoms with Crippen molar-refractivity contribution in [2.75, 3.05) is 19.8 Å². The first kappa shape index (κ1) is 46.5. The fourth-order valence-corrected chi connectivity index (χ4v) is 6.11. The molecule has 0 radical (unpaired) electrons. The number of aliphatic hydroxyl groups excluding tert-OH is 4. The van der Waals surface area contributed by atoms with Gasteiger partial charge in [0.1, 0.15) is 31.0 Å². The standard InChI is InChI=1S/C40H74O10/c1-3-5-7-9-11-13-15-16-17-19-21-23-25-27-29-36(43)49-33(32-48-40-39(46)38(45)37(44)34(30-41)50-40)31-47-35(42)28-26-24-22-20-18-14-12-10-8-6-4-2/h10,12,33-34,37-41,44-46H,3-9,11,13-32H2,1-2H3/b12-10+/t33-,34-,37+,38?,39?,40-/m1/s1. The number of hydrogen-bond donors (Lipinski definition) is 4. The minimum absolute atomic E-state index is 0.217. The van der Waals surface area contributed by atoms with E-state index < -0.39 is 49.4 Å². The van der Waals surface area contributed by atoms with Crippen LogP contribution in [0.15, 0.2) is 12.2 Å². The average Bonchev–Trinajstić information content (AvgIpc) is 3.11. The van der Waals surface area contributed by atoms with Crippen LogP contribution in [0.25, 0.3) is 0 Å². The van der Waals surface area contributed by atoms with Gasteiger partial charge in [-0.15, -0.1) is 0 Å². The largest absolute Gasteiger partial charge is 0.462 e. The van der Waals surface area contributed by atoms with Gasteiger partial charge in [0, 0.05) is 12.8 Å². The van der Waals surface area contributed by atoms with E-state index >= 15 is 0 Å². The molecule has 1 rings (SSSR count). The van der Waals surface area contributed by atoms with Gasteiger partial charge < -0.3 is 39.4 Å². The topological polar surface area (TPSA) is 152 Å². The van der Waals surface area contributed by atoms with Gasteiger partial charge in [0.25, 0.3) is 0 Å². The van der Waals surface area contributed by atoms with Crippen molar-refractivity contribution in [3.63, 3.8) is 0 Å².